The summed E-state index contributed by atoms with van der Waals surface area (Å²) in [6.07, 6.45) is 3.08. The van der Waals surface area contributed by atoms with Crippen LogP contribution in [0.3, 0.4) is 0 Å². The van der Waals surface area contributed by atoms with Gasteiger partial charge in [0.2, 0.25) is 0 Å². The summed E-state index contributed by atoms with van der Waals surface area (Å²) in [6, 6.07) is 16.1. The molecule has 0 radical (unpaired) electrons. The first-order valence-corrected chi connectivity index (χ1v) is 10.2. The number of nitrogens with one attached hydrogen (secondary N) is 2. The van der Waals surface area contributed by atoms with Gasteiger partial charge in [0.1, 0.15) is 5.75 Å². The van der Waals surface area contributed by atoms with E-state index in [9.17, 15) is 4.79 Å². The van der Waals surface area contributed by atoms with Crippen LogP contribution in [-0.4, -0.2) is 37.0 Å². The molecule has 4 rings (SSSR count). The maximum atomic E-state index is 12.7. The van der Waals surface area contributed by atoms with E-state index in [1.165, 1.54) is 5.56 Å². The Morgan fingerprint density at radius 3 is 2.57 bits per heavy atom. The van der Waals surface area contributed by atoms with Crippen molar-refractivity contribution < 1.29 is 9.53 Å². The van der Waals surface area contributed by atoms with E-state index in [4.69, 9.17) is 16.3 Å². The van der Waals surface area contributed by atoms with Gasteiger partial charge in [-0.25, -0.2) is 0 Å². The largest absolute Gasteiger partial charge is 0.497 e. The van der Waals surface area contributed by atoms with Crippen LogP contribution in [0.1, 0.15) is 41.2 Å². The molecule has 2 unspecified atom stereocenters. The molecule has 28 heavy (non-hydrogen) atoms. The van der Waals surface area contributed by atoms with Crippen molar-refractivity contribution in [1.82, 2.24) is 15.8 Å². The summed E-state index contributed by atoms with van der Waals surface area (Å²) in [5.41, 5.74) is 8.87. The zero-order valence-electron chi connectivity index (χ0n) is 16.0. The van der Waals surface area contributed by atoms with Crippen molar-refractivity contribution in [3.8, 4) is 5.75 Å². The number of likely N-dealkylation sites (tertiary alicyclic amines) is 1. The molecule has 2 aliphatic heterocycles. The molecule has 2 aliphatic rings. The van der Waals surface area contributed by atoms with Crippen molar-refractivity contribution >= 4 is 17.5 Å². The van der Waals surface area contributed by atoms with E-state index in [0.717, 1.165) is 38.1 Å². The van der Waals surface area contributed by atoms with Gasteiger partial charge in [-0.1, -0.05) is 23.7 Å². The fourth-order valence-corrected chi connectivity index (χ4v) is 4.37. The number of amides is 1. The van der Waals surface area contributed by atoms with Gasteiger partial charge in [-0.15, -0.1) is 0 Å². The summed E-state index contributed by atoms with van der Waals surface area (Å²) in [5.74, 6) is 1.55. The van der Waals surface area contributed by atoms with Crippen LogP contribution in [0.25, 0.3) is 0 Å². The number of hydrogen-bond acceptors (Lipinski definition) is 4. The first kappa shape index (κ1) is 19.2. The summed E-state index contributed by atoms with van der Waals surface area (Å²) < 4.78 is 5.34. The molecule has 2 heterocycles. The molecular formula is C22H26ClN3O2. The van der Waals surface area contributed by atoms with Crippen LogP contribution >= 0.6 is 11.6 Å². The van der Waals surface area contributed by atoms with E-state index in [-0.39, 0.29) is 11.9 Å². The lowest BCUT2D eigenvalue weighted by molar-refractivity contribution is 0.0673. The standard InChI is InChI=1S/C22H26ClN3O2/c1-28-19-4-2-3-17(13-19)21-14-20(24-25-21)15-9-11-26(12-10-15)22(27)16-5-7-18(23)8-6-16/h2-8,13,15,20-21,24-25H,9-12,14H2,1H3. The molecule has 2 fully saturated rings. The minimum Gasteiger partial charge on any atom is -0.497 e. The number of rotatable bonds is 4. The monoisotopic (exact) mass is 399 g/mol. The lowest BCUT2D eigenvalue weighted by Crippen LogP contribution is -2.44. The Hall–Kier alpha value is -2.08. The van der Waals surface area contributed by atoms with Crippen LogP contribution in [0.5, 0.6) is 5.75 Å². The first-order chi connectivity index (χ1) is 13.6. The summed E-state index contributed by atoms with van der Waals surface area (Å²) in [7, 11) is 1.70. The fraction of sp³-hybridized carbons (Fsp3) is 0.409. The third-order valence-electron chi connectivity index (χ3n) is 5.92. The van der Waals surface area contributed by atoms with Crippen LogP contribution in [0.15, 0.2) is 48.5 Å². The fourth-order valence-electron chi connectivity index (χ4n) is 4.25. The lowest BCUT2D eigenvalue weighted by atomic mass is 9.86. The molecular weight excluding hydrogens is 374 g/mol. The van der Waals surface area contributed by atoms with E-state index in [1.807, 2.05) is 17.0 Å². The van der Waals surface area contributed by atoms with Crippen LogP contribution in [0, 0.1) is 5.92 Å². The van der Waals surface area contributed by atoms with Crippen molar-refractivity contribution in [2.24, 2.45) is 5.92 Å². The quantitative estimate of drug-likeness (QED) is 0.820. The average Bonchev–Trinajstić information content (AvgIpc) is 3.24. The highest BCUT2D eigenvalue weighted by Crippen LogP contribution is 2.32. The van der Waals surface area contributed by atoms with Crippen LogP contribution in [0.4, 0.5) is 0 Å². The van der Waals surface area contributed by atoms with Gasteiger partial charge in [0.15, 0.2) is 0 Å². The molecule has 1 amide bonds. The SMILES string of the molecule is COc1cccc(C2CC(C3CCN(C(=O)c4ccc(Cl)cc4)CC3)NN2)c1. The lowest BCUT2D eigenvalue weighted by Gasteiger charge is -2.34. The molecule has 2 aromatic carbocycles. The van der Waals surface area contributed by atoms with Crippen molar-refractivity contribution in [3.63, 3.8) is 0 Å². The number of hydrazine groups is 1. The van der Waals surface area contributed by atoms with Crippen LogP contribution in [0.2, 0.25) is 5.02 Å². The highest BCUT2D eigenvalue weighted by Gasteiger charge is 2.34. The number of benzene rings is 2. The molecule has 0 saturated carbocycles. The van der Waals surface area contributed by atoms with Crippen molar-refractivity contribution in [2.45, 2.75) is 31.3 Å². The Morgan fingerprint density at radius 1 is 1.11 bits per heavy atom. The second kappa shape index (κ2) is 8.52. The Kier molecular flexibility index (Phi) is 5.85. The second-order valence-corrected chi connectivity index (χ2v) is 8.03. The van der Waals surface area contributed by atoms with Gasteiger partial charge in [-0.3, -0.25) is 15.6 Å². The molecule has 0 aliphatic carbocycles. The average molecular weight is 400 g/mol. The third kappa shape index (κ3) is 4.17. The number of nitrogens with zero attached hydrogens (tertiary/aromatic N) is 1. The molecule has 148 valence electrons. The predicted octanol–water partition coefficient (Wildman–Crippen LogP) is 3.81. The third-order valence-corrected chi connectivity index (χ3v) is 6.17. The van der Waals surface area contributed by atoms with Gasteiger partial charge in [-0.05, 0) is 67.1 Å². The van der Waals surface area contributed by atoms with Gasteiger partial charge in [0, 0.05) is 35.8 Å². The molecule has 2 N–H and O–H groups in total. The second-order valence-electron chi connectivity index (χ2n) is 7.60. The van der Waals surface area contributed by atoms with Gasteiger partial charge in [0.25, 0.3) is 5.91 Å². The summed E-state index contributed by atoms with van der Waals surface area (Å²) in [4.78, 5) is 14.6. The first-order valence-electron chi connectivity index (χ1n) is 9.84. The molecule has 6 heteroatoms. The zero-order valence-corrected chi connectivity index (χ0v) is 16.8. The molecule has 2 atom stereocenters. The number of carbonyl (C=O) groups excluding carboxylic acids is 1. The number of piperidine rings is 1. The number of methoxy groups -OCH3 is 1. The number of carbonyl (C=O) groups is 1. The Labute approximate surface area is 171 Å². The summed E-state index contributed by atoms with van der Waals surface area (Å²) in [5, 5.41) is 0.653. The smallest absolute Gasteiger partial charge is 0.253 e. The van der Waals surface area contributed by atoms with Gasteiger partial charge >= 0.3 is 0 Å². The Balaban J connectivity index is 1.32. The number of ether oxygens (including phenoxy) is 1. The maximum absolute atomic E-state index is 12.7. The van der Waals surface area contributed by atoms with Crippen molar-refractivity contribution in [1.29, 1.82) is 0 Å². The van der Waals surface area contributed by atoms with Crippen LogP contribution in [-0.2, 0) is 0 Å². The normalized spacial score (nSPS) is 23.0. The van der Waals surface area contributed by atoms with E-state index in [0.29, 0.717) is 22.5 Å². The molecule has 5 nitrogen and oxygen atoms in total. The van der Waals surface area contributed by atoms with E-state index < -0.39 is 0 Å². The van der Waals surface area contributed by atoms with E-state index >= 15 is 0 Å². The summed E-state index contributed by atoms with van der Waals surface area (Å²) in [6.45, 7) is 1.60. The van der Waals surface area contributed by atoms with Gasteiger partial charge in [-0.2, -0.15) is 0 Å². The number of hydrogen-bond donors (Lipinski definition) is 2. The van der Waals surface area contributed by atoms with Crippen molar-refractivity contribution in [3.05, 3.63) is 64.7 Å². The minimum absolute atomic E-state index is 0.0990. The minimum atomic E-state index is 0.0990. The maximum Gasteiger partial charge on any atom is 0.253 e. The zero-order chi connectivity index (χ0) is 19.5. The summed E-state index contributed by atoms with van der Waals surface area (Å²) >= 11 is 5.92. The Bertz CT molecular complexity index is 819. The van der Waals surface area contributed by atoms with Gasteiger partial charge < -0.3 is 9.64 Å². The Morgan fingerprint density at radius 2 is 1.86 bits per heavy atom. The predicted molar refractivity (Wildman–Crippen MR) is 110 cm³/mol. The molecule has 0 spiro atoms. The highest BCUT2D eigenvalue weighted by atomic mass is 35.5. The number of halogens is 1. The van der Waals surface area contributed by atoms with Gasteiger partial charge in [0.05, 0.1) is 7.11 Å². The highest BCUT2D eigenvalue weighted by molar-refractivity contribution is 6.30. The molecule has 2 aromatic rings. The van der Waals surface area contributed by atoms with E-state index in [1.54, 1.807) is 31.4 Å². The molecule has 2 saturated heterocycles. The van der Waals surface area contributed by atoms with E-state index in [2.05, 4.69) is 23.0 Å². The molecule has 0 bridgehead atoms. The van der Waals surface area contributed by atoms with Crippen LogP contribution < -0.4 is 15.6 Å². The van der Waals surface area contributed by atoms with Crippen molar-refractivity contribution in [2.75, 3.05) is 20.2 Å². The topological polar surface area (TPSA) is 53.6 Å². The molecule has 0 aromatic heterocycles.